The first-order chi connectivity index (χ1) is 8.60. The summed E-state index contributed by atoms with van der Waals surface area (Å²) in [5, 5.41) is 0. The molecule has 94 valence electrons. The fourth-order valence-electron chi connectivity index (χ4n) is 1.44. The van der Waals surface area contributed by atoms with Crippen LogP contribution in [-0.2, 0) is 6.54 Å². The van der Waals surface area contributed by atoms with Crippen molar-refractivity contribution in [1.82, 2.24) is 0 Å². The molecule has 0 amide bonds. The van der Waals surface area contributed by atoms with Gasteiger partial charge in [0.05, 0.1) is 4.90 Å². The van der Waals surface area contributed by atoms with E-state index in [-0.39, 0.29) is 4.90 Å². The van der Waals surface area contributed by atoms with Gasteiger partial charge in [0.1, 0.15) is 11.6 Å². The molecule has 0 aromatic heterocycles. The van der Waals surface area contributed by atoms with E-state index >= 15 is 0 Å². The molecule has 5 heteroatoms. The van der Waals surface area contributed by atoms with Crippen molar-refractivity contribution < 1.29 is 8.78 Å². The summed E-state index contributed by atoms with van der Waals surface area (Å²) in [7, 11) is 0. The molecule has 2 aromatic rings. The first-order valence-corrected chi connectivity index (χ1v) is 6.82. The maximum absolute atomic E-state index is 13.5. The van der Waals surface area contributed by atoms with Gasteiger partial charge in [0.15, 0.2) is 0 Å². The predicted octanol–water partition coefficient (Wildman–Crippen LogP) is 4.34. The summed E-state index contributed by atoms with van der Waals surface area (Å²) in [5.74, 6) is -0.878. The zero-order valence-electron chi connectivity index (χ0n) is 9.29. The number of rotatable bonds is 3. The SMILES string of the molecule is NCc1ccc(Sc2cc(F)ccc2F)cc1Br. The van der Waals surface area contributed by atoms with E-state index in [4.69, 9.17) is 5.73 Å². The Morgan fingerprint density at radius 1 is 1.11 bits per heavy atom. The van der Waals surface area contributed by atoms with Crippen LogP contribution in [0.3, 0.4) is 0 Å². The third kappa shape index (κ3) is 3.10. The van der Waals surface area contributed by atoms with E-state index in [1.807, 2.05) is 18.2 Å². The minimum absolute atomic E-state index is 0.266. The van der Waals surface area contributed by atoms with E-state index in [0.717, 1.165) is 27.1 Å². The molecule has 2 aromatic carbocycles. The predicted molar refractivity (Wildman–Crippen MR) is 72.5 cm³/mol. The molecule has 2 rings (SSSR count). The lowest BCUT2D eigenvalue weighted by Crippen LogP contribution is -1.96. The molecule has 0 aliphatic heterocycles. The molecule has 0 saturated heterocycles. The Kier molecular flexibility index (Phi) is 4.37. The number of nitrogens with two attached hydrogens (primary N) is 1. The summed E-state index contributed by atoms with van der Waals surface area (Å²) in [6.07, 6.45) is 0. The molecule has 1 nitrogen and oxygen atoms in total. The van der Waals surface area contributed by atoms with Crippen molar-refractivity contribution in [2.24, 2.45) is 5.73 Å². The molecule has 0 spiro atoms. The Labute approximate surface area is 117 Å². The number of benzene rings is 2. The van der Waals surface area contributed by atoms with Gasteiger partial charge in [-0.3, -0.25) is 0 Å². The standard InChI is InChI=1S/C13H10BrF2NS/c14-11-6-10(3-1-8(11)7-17)18-13-5-9(15)2-4-12(13)16/h1-6H,7,17H2. The van der Waals surface area contributed by atoms with E-state index < -0.39 is 11.6 Å². The van der Waals surface area contributed by atoms with Gasteiger partial charge in [-0.2, -0.15) is 0 Å². The summed E-state index contributed by atoms with van der Waals surface area (Å²) in [5.41, 5.74) is 6.52. The Bertz CT molecular complexity index is 575. The lowest BCUT2D eigenvalue weighted by molar-refractivity contribution is 0.577. The highest BCUT2D eigenvalue weighted by atomic mass is 79.9. The van der Waals surface area contributed by atoms with Crippen molar-refractivity contribution in [3.05, 3.63) is 58.1 Å². The summed E-state index contributed by atoms with van der Waals surface area (Å²) < 4.78 is 27.4. The maximum atomic E-state index is 13.5. The Morgan fingerprint density at radius 2 is 1.89 bits per heavy atom. The molecule has 0 radical (unpaired) electrons. The molecule has 2 N–H and O–H groups in total. The van der Waals surface area contributed by atoms with Crippen LogP contribution >= 0.6 is 27.7 Å². The largest absolute Gasteiger partial charge is 0.326 e. The average Bonchev–Trinajstić information content (AvgIpc) is 2.34. The zero-order valence-corrected chi connectivity index (χ0v) is 11.7. The molecular formula is C13H10BrF2NS. The minimum atomic E-state index is -0.448. The average molecular weight is 330 g/mol. The fourth-order valence-corrected chi connectivity index (χ4v) is 3.04. The third-order valence-corrected chi connectivity index (χ3v) is 4.13. The van der Waals surface area contributed by atoms with Crippen LogP contribution in [0.15, 0.2) is 50.7 Å². The van der Waals surface area contributed by atoms with E-state index in [1.165, 1.54) is 17.8 Å². The highest BCUT2D eigenvalue weighted by Crippen LogP contribution is 2.32. The van der Waals surface area contributed by atoms with Gasteiger partial charge in [0, 0.05) is 15.9 Å². The Morgan fingerprint density at radius 3 is 2.56 bits per heavy atom. The lowest BCUT2D eigenvalue weighted by atomic mass is 10.2. The second kappa shape index (κ2) is 5.82. The van der Waals surface area contributed by atoms with E-state index in [1.54, 1.807) is 0 Å². The first kappa shape index (κ1) is 13.5. The van der Waals surface area contributed by atoms with Crippen molar-refractivity contribution in [2.45, 2.75) is 16.3 Å². The molecule has 0 bridgehead atoms. The highest BCUT2D eigenvalue weighted by molar-refractivity contribution is 9.10. The lowest BCUT2D eigenvalue weighted by Gasteiger charge is -2.06. The number of hydrogen-bond donors (Lipinski definition) is 1. The van der Waals surface area contributed by atoms with Crippen molar-refractivity contribution in [2.75, 3.05) is 0 Å². The van der Waals surface area contributed by atoms with Crippen molar-refractivity contribution >= 4 is 27.7 Å². The topological polar surface area (TPSA) is 26.0 Å². The molecule has 0 heterocycles. The normalized spacial score (nSPS) is 10.7. The number of halogens is 3. The summed E-state index contributed by atoms with van der Waals surface area (Å²) in [4.78, 5) is 1.09. The first-order valence-electron chi connectivity index (χ1n) is 5.21. The van der Waals surface area contributed by atoms with Gasteiger partial charge in [-0.05, 0) is 35.9 Å². The highest BCUT2D eigenvalue weighted by Gasteiger charge is 2.07. The maximum Gasteiger partial charge on any atom is 0.137 e. The molecule has 0 aliphatic carbocycles. The van der Waals surface area contributed by atoms with Crippen LogP contribution in [-0.4, -0.2) is 0 Å². The second-order valence-corrected chi connectivity index (χ2v) is 5.60. The molecule has 0 saturated carbocycles. The molecule has 0 fully saturated rings. The van der Waals surface area contributed by atoms with Crippen LogP contribution in [0.2, 0.25) is 0 Å². The van der Waals surface area contributed by atoms with Gasteiger partial charge in [0.2, 0.25) is 0 Å². The quantitative estimate of drug-likeness (QED) is 0.906. The van der Waals surface area contributed by atoms with Crippen molar-refractivity contribution in [3.63, 3.8) is 0 Å². The smallest absolute Gasteiger partial charge is 0.137 e. The Hall–Kier alpha value is -0.910. The molecular weight excluding hydrogens is 320 g/mol. The Balaban J connectivity index is 2.28. The fraction of sp³-hybridized carbons (Fsp3) is 0.0769. The molecule has 0 atom stereocenters. The molecule has 0 unspecified atom stereocenters. The van der Waals surface area contributed by atoms with Gasteiger partial charge >= 0.3 is 0 Å². The summed E-state index contributed by atoms with van der Waals surface area (Å²) >= 11 is 4.57. The van der Waals surface area contributed by atoms with Gasteiger partial charge < -0.3 is 5.73 Å². The van der Waals surface area contributed by atoms with E-state index in [9.17, 15) is 8.78 Å². The van der Waals surface area contributed by atoms with Gasteiger partial charge in [-0.25, -0.2) is 8.78 Å². The summed E-state index contributed by atoms with van der Waals surface area (Å²) in [6, 6.07) is 8.96. The number of hydrogen-bond acceptors (Lipinski definition) is 2. The van der Waals surface area contributed by atoms with Gasteiger partial charge in [-0.1, -0.05) is 33.8 Å². The second-order valence-electron chi connectivity index (χ2n) is 3.63. The van der Waals surface area contributed by atoms with Crippen LogP contribution < -0.4 is 5.73 Å². The van der Waals surface area contributed by atoms with Crippen LogP contribution in [0.1, 0.15) is 5.56 Å². The van der Waals surface area contributed by atoms with Crippen molar-refractivity contribution in [1.29, 1.82) is 0 Å². The minimum Gasteiger partial charge on any atom is -0.326 e. The zero-order chi connectivity index (χ0) is 13.1. The van der Waals surface area contributed by atoms with Crippen molar-refractivity contribution in [3.8, 4) is 0 Å². The van der Waals surface area contributed by atoms with Gasteiger partial charge in [0.25, 0.3) is 0 Å². The van der Waals surface area contributed by atoms with Crippen LogP contribution in [0.25, 0.3) is 0 Å². The monoisotopic (exact) mass is 329 g/mol. The van der Waals surface area contributed by atoms with Crippen LogP contribution in [0.4, 0.5) is 8.78 Å². The summed E-state index contributed by atoms with van der Waals surface area (Å²) in [6.45, 7) is 0.430. The molecule has 0 aliphatic rings. The van der Waals surface area contributed by atoms with Gasteiger partial charge in [-0.15, -0.1) is 0 Å². The van der Waals surface area contributed by atoms with Crippen LogP contribution in [0.5, 0.6) is 0 Å². The molecule has 18 heavy (non-hydrogen) atoms. The van der Waals surface area contributed by atoms with Crippen LogP contribution in [0, 0.1) is 11.6 Å². The van der Waals surface area contributed by atoms with E-state index in [2.05, 4.69) is 15.9 Å². The third-order valence-electron chi connectivity index (χ3n) is 2.37. The van der Waals surface area contributed by atoms with E-state index in [0.29, 0.717) is 6.54 Å².